The van der Waals surface area contributed by atoms with Crippen molar-refractivity contribution in [1.82, 2.24) is 19.7 Å². The Bertz CT molecular complexity index is 1160. The van der Waals surface area contributed by atoms with E-state index in [4.69, 9.17) is 0 Å². The van der Waals surface area contributed by atoms with Crippen LogP contribution in [0.2, 0.25) is 0 Å². The van der Waals surface area contributed by atoms with Crippen molar-refractivity contribution in [2.45, 2.75) is 45.3 Å². The minimum absolute atomic E-state index is 0.378. The third-order valence-electron chi connectivity index (χ3n) is 6.05. The lowest BCUT2D eigenvalue weighted by molar-refractivity contribution is 0.190. The van der Waals surface area contributed by atoms with Crippen LogP contribution in [-0.4, -0.2) is 25.7 Å². The number of aryl methyl sites for hydroxylation is 2. The Morgan fingerprint density at radius 3 is 2.68 bits per heavy atom. The summed E-state index contributed by atoms with van der Waals surface area (Å²) in [4.78, 5) is 7.32. The minimum Gasteiger partial charge on any atom is -0.289 e. The van der Waals surface area contributed by atoms with Crippen LogP contribution in [0.15, 0.2) is 54.7 Å². The largest absolute Gasteiger partial charge is 0.289 e. The van der Waals surface area contributed by atoms with Gasteiger partial charge in [-0.15, -0.1) is 0 Å². The molecule has 0 bridgehead atoms. The molecule has 2 aromatic heterocycles. The Balaban J connectivity index is 1.46. The summed E-state index contributed by atoms with van der Waals surface area (Å²) in [6, 6.07) is 18.8. The van der Waals surface area contributed by atoms with Crippen molar-refractivity contribution in [3.05, 3.63) is 71.5 Å². The molecule has 1 aliphatic carbocycles. The lowest BCUT2D eigenvalue weighted by Gasteiger charge is -2.30. The van der Waals surface area contributed by atoms with E-state index >= 15 is 0 Å². The molecule has 1 atom stereocenters. The molecule has 0 radical (unpaired) electrons. The fraction of sp³-hybridized carbons (Fsp3) is 0.333. The molecule has 0 spiro atoms. The average Bonchev–Trinajstić information content (AvgIpc) is 3.52. The quantitative estimate of drug-likeness (QED) is 0.487. The van der Waals surface area contributed by atoms with E-state index < -0.39 is 0 Å². The van der Waals surface area contributed by atoms with Gasteiger partial charge in [-0.3, -0.25) is 9.58 Å². The average molecular weight is 371 g/mol. The maximum atomic E-state index is 4.68. The van der Waals surface area contributed by atoms with Gasteiger partial charge in [-0.2, -0.15) is 5.10 Å². The summed E-state index contributed by atoms with van der Waals surface area (Å²) in [6.45, 7) is 5.32. The summed E-state index contributed by atoms with van der Waals surface area (Å²) in [5.41, 5.74) is 4.66. The molecule has 1 aliphatic rings. The van der Waals surface area contributed by atoms with Crippen LogP contribution in [-0.2, 0) is 13.6 Å². The molecule has 0 saturated heterocycles. The molecular weight excluding hydrogens is 344 g/mol. The highest BCUT2D eigenvalue weighted by molar-refractivity contribution is 5.83. The second-order valence-corrected chi connectivity index (χ2v) is 8.11. The number of benzene rings is 2. The Kier molecular flexibility index (Phi) is 4.17. The van der Waals surface area contributed by atoms with Gasteiger partial charge in [-0.05, 0) is 60.7 Å². The van der Waals surface area contributed by atoms with Crippen LogP contribution in [0.3, 0.4) is 0 Å². The van der Waals surface area contributed by atoms with E-state index in [9.17, 15) is 0 Å². The molecule has 142 valence electrons. The van der Waals surface area contributed by atoms with E-state index in [-0.39, 0.29) is 0 Å². The molecule has 0 N–H and O–H groups in total. The highest BCUT2D eigenvalue weighted by Crippen LogP contribution is 2.36. The first kappa shape index (κ1) is 17.4. The number of aromatic nitrogens is 3. The molecule has 1 unspecified atom stereocenters. The minimum atomic E-state index is 0.378. The zero-order valence-corrected chi connectivity index (χ0v) is 16.8. The molecule has 1 fully saturated rings. The Hall–Kier alpha value is -2.72. The third kappa shape index (κ3) is 3.08. The molecule has 4 heteroatoms. The first-order chi connectivity index (χ1) is 13.6. The van der Waals surface area contributed by atoms with Gasteiger partial charge < -0.3 is 0 Å². The van der Waals surface area contributed by atoms with Gasteiger partial charge in [0.2, 0.25) is 0 Å². The number of hydrogen-bond donors (Lipinski definition) is 0. The summed E-state index contributed by atoms with van der Waals surface area (Å²) in [5, 5.41) is 8.29. The van der Waals surface area contributed by atoms with Crippen molar-refractivity contribution in [2.75, 3.05) is 0 Å². The maximum absolute atomic E-state index is 4.68. The smallest absolute Gasteiger partial charge is 0.157 e. The van der Waals surface area contributed by atoms with Gasteiger partial charge in [-0.1, -0.05) is 36.4 Å². The van der Waals surface area contributed by atoms with Crippen LogP contribution >= 0.6 is 0 Å². The second-order valence-electron chi connectivity index (χ2n) is 8.11. The van der Waals surface area contributed by atoms with E-state index in [1.54, 1.807) is 0 Å². The number of pyridine rings is 1. The number of nitrogens with zero attached hydrogens (tertiary/aromatic N) is 4. The Morgan fingerprint density at radius 2 is 1.89 bits per heavy atom. The molecule has 2 aromatic carbocycles. The Morgan fingerprint density at radius 1 is 1.11 bits per heavy atom. The molecule has 5 rings (SSSR count). The summed E-state index contributed by atoms with van der Waals surface area (Å²) in [6.07, 6.45) is 4.60. The molecular formula is C24H26N4. The van der Waals surface area contributed by atoms with Crippen molar-refractivity contribution in [3.8, 4) is 0 Å². The topological polar surface area (TPSA) is 34.0 Å². The zero-order valence-electron chi connectivity index (χ0n) is 16.8. The Labute approximate surface area is 165 Å². The number of hydrogen-bond acceptors (Lipinski definition) is 3. The van der Waals surface area contributed by atoms with E-state index in [1.165, 1.54) is 34.7 Å². The fourth-order valence-corrected chi connectivity index (χ4v) is 4.30. The van der Waals surface area contributed by atoms with Crippen molar-refractivity contribution in [2.24, 2.45) is 7.05 Å². The van der Waals surface area contributed by atoms with Gasteiger partial charge >= 0.3 is 0 Å². The number of fused-ring (bicyclic) bond motifs is 2. The third-order valence-corrected chi connectivity index (χ3v) is 6.05. The van der Waals surface area contributed by atoms with E-state index in [1.807, 2.05) is 17.9 Å². The van der Waals surface area contributed by atoms with Gasteiger partial charge in [0.05, 0.1) is 5.69 Å². The van der Waals surface area contributed by atoms with Gasteiger partial charge in [0.25, 0.3) is 0 Å². The first-order valence-corrected chi connectivity index (χ1v) is 10.1. The molecule has 28 heavy (non-hydrogen) atoms. The zero-order chi connectivity index (χ0) is 19.3. The molecule has 0 amide bonds. The van der Waals surface area contributed by atoms with Crippen LogP contribution in [0, 0.1) is 6.92 Å². The SMILES string of the molecule is Cc1nn(C)c2ncc(CN(C3CC3)C(C)c3ccc4ccccc4c3)cc12. The van der Waals surface area contributed by atoms with Crippen LogP contribution in [0.4, 0.5) is 0 Å². The second kappa shape index (κ2) is 6.71. The first-order valence-electron chi connectivity index (χ1n) is 10.1. The predicted molar refractivity (Wildman–Crippen MR) is 114 cm³/mol. The predicted octanol–water partition coefficient (Wildman–Crippen LogP) is 5.16. The summed E-state index contributed by atoms with van der Waals surface area (Å²) < 4.78 is 1.87. The highest BCUT2D eigenvalue weighted by atomic mass is 15.3. The van der Waals surface area contributed by atoms with Crippen LogP contribution < -0.4 is 0 Å². The standard InChI is InChI=1S/C24H26N4/c1-16-23-12-18(14-25-24(23)27(3)26-16)15-28(22-10-11-22)17(2)20-9-8-19-6-4-5-7-21(19)13-20/h4-9,12-14,17,22H,10-11,15H2,1-3H3. The molecule has 2 heterocycles. The van der Waals surface area contributed by atoms with Crippen molar-refractivity contribution in [3.63, 3.8) is 0 Å². The maximum Gasteiger partial charge on any atom is 0.157 e. The molecule has 0 aliphatic heterocycles. The van der Waals surface area contributed by atoms with Gasteiger partial charge in [0.15, 0.2) is 5.65 Å². The van der Waals surface area contributed by atoms with Crippen molar-refractivity contribution < 1.29 is 0 Å². The molecule has 4 aromatic rings. The lowest BCUT2D eigenvalue weighted by atomic mass is 10.0. The number of rotatable bonds is 5. The van der Waals surface area contributed by atoms with E-state index in [2.05, 4.69) is 77.4 Å². The van der Waals surface area contributed by atoms with Crippen LogP contribution in [0.5, 0.6) is 0 Å². The lowest BCUT2D eigenvalue weighted by Crippen LogP contribution is -2.28. The van der Waals surface area contributed by atoms with Crippen LogP contribution in [0.25, 0.3) is 21.8 Å². The summed E-state index contributed by atoms with van der Waals surface area (Å²) in [5.74, 6) is 0. The van der Waals surface area contributed by atoms with Crippen molar-refractivity contribution >= 4 is 21.8 Å². The normalized spacial score (nSPS) is 15.6. The van der Waals surface area contributed by atoms with Crippen molar-refractivity contribution in [1.29, 1.82) is 0 Å². The monoisotopic (exact) mass is 370 g/mol. The highest BCUT2D eigenvalue weighted by Gasteiger charge is 2.33. The molecule has 4 nitrogen and oxygen atoms in total. The van der Waals surface area contributed by atoms with Gasteiger partial charge in [0, 0.05) is 37.3 Å². The van der Waals surface area contributed by atoms with E-state index in [0.29, 0.717) is 12.1 Å². The van der Waals surface area contributed by atoms with Gasteiger partial charge in [0.1, 0.15) is 0 Å². The summed E-state index contributed by atoms with van der Waals surface area (Å²) >= 11 is 0. The van der Waals surface area contributed by atoms with Crippen LogP contribution in [0.1, 0.15) is 42.6 Å². The molecule has 1 saturated carbocycles. The summed E-state index contributed by atoms with van der Waals surface area (Å²) in [7, 11) is 1.96. The fourth-order valence-electron chi connectivity index (χ4n) is 4.30. The van der Waals surface area contributed by atoms with Gasteiger partial charge in [-0.25, -0.2) is 4.98 Å². The van der Waals surface area contributed by atoms with E-state index in [0.717, 1.165) is 23.3 Å².